The van der Waals surface area contributed by atoms with Gasteiger partial charge in [0.05, 0.1) is 0 Å². The SMILES string of the molecule is CCCCNC(=O)Cn1ccnc1C=O. The number of unbranched alkanes of at least 4 members (excludes halogenated alkanes) is 1. The number of carbonyl (C=O) groups excluding carboxylic acids is 2. The van der Waals surface area contributed by atoms with E-state index in [0.717, 1.165) is 12.8 Å². The second kappa shape index (κ2) is 5.95. The molecular weight excluding hydrogens is 194 g/mol. The summed E-state index contributed by atoms with van der Waals surface area (Å²) in [6.45, 7) is 2.89. The van der Waals surface area contributed by atoms with Gasteiger partial charge in [-0.05, 0) is 6.42 Å². The molecule has 5 nitrogen and oxygen atoms in total. The van der Waals surface area contributed by atoms with Gasteiger partial charge in [0, 0.05) is 18.9 Å². The third-order valence-corrected chi connectivity index (χ3v) is 2.02. The van der Waals surface area contributed by atoms with Gasteiger partial charge in [-0.25, -0.2) is 4.98 Å². The molecule has 1 N–H and O–H groups in total. The molecule has 0 radical (unpaired) electrons. The van der Waals surface area contributed by atoms with Gasteiger partial charge in [0.2, 0.25) is 5.91 Å². The van der Waals surface area contributed by atoms with E-state index >= 15 is 0 Å². The van der Waals surface area contributed by atoms with Gasteiger partial charge in [-0.3, -0.25) is 9.59 Å². The molecule has 0 unspecified atom stereocenters. The number of rotatable bonds is 6. The number of imidazole rings is 1. The first-order valence-corrected chi connectivity index (χ1v) is 5.01. The van der Waals surface area contributed by atoms with Crippen LogP contribution in [0.4, 0.5) is 0 Å². The fraction of sp³-hybridized carbons (Fsp3) is 0.500. The zero-order valence-electron chi connectivity index (χ0n) is 8.77. The predicted molar refractivity (Wildman–Crippen MR) is 55.5 cm³/mol. The van der Waals surface area contributed by atoms with Crippen molar-refractivity contribution in [3.05, 3.63) is 18.2 Å². The Morgan fingerprint density at radius 1 is 1.67 bits per heavy atom. The van der Waals surface area contributed by atoms with Crippen LogP contribution in [0.3, 0.4) is 0 Å². The molecule has 0 aromatic carbocycles. The second-order valence-electron chi connectivity index (χ2n) is 3.23. The van der Waals surface area contributed by atoms with Gasteiger partial charge in [0.15, 0.2) is 12.1 Å². The molecule has 1 amide bonds. The molecule has 0 bridgehead atoms. The number of carbonyl (C=O) groups is 2. The highest BCUT2D eigenvalue weighted by Gasteiger charge is 2.05. The maximum Gasteiger partial charge on any atom is 0.239 e. The molecular formula is C10H15N3O2. The zero-order chi connectivity index (χ0) is 11.1. The van der Waals surface area contributed by atoms with Crippen LogP contribution in [-0.4, -0.2) is 28.3 Å². The average molecular weight is 209 g/mol. The largest absolute Gasteiger partial charge is 0.355 e. The number of aldehydes is 1. The maximum atomic E-state index is 11.4. The van der Waals surface area contributed by atoms with Crippen molar-refractivity contribution in [2.24, 2.45) is 0 Å². The van der Waals surface area contributed by atoms with E-state index in [9.17, 15) is 9.59 Å². The van der Waals surface area contributed by atoms with Crippen LogP contribution in [0.1, 0.15) is 30.4 Å². The third kappa shape index (κ3) is 3.53. The van der Waals surface area contributed by atoms with Crippen molar-refractivity contribution in [3.63, 3.8) is 0 Å². The summed E-state index contributed by atoms with van der Waals surface area (Å²) in [5.41, 5.74) is 0. The molecule has 0 atom stereocenters. The first-order chi connectivity index (χ1) is 7.27. The van der Waals surface area contributed by atoms with E-state index in [1.807, 2.05) is 0 Å². The Hall–Kier alpha value is -1.65. The van der Waals surface area contributed by atoms with E-state index in [1.165, 1.54) is 10.8 Å². The van der Waals surface area contributed by atoms with Gasteiger partial charge in [0.25, 0.3) is 0 Å². The molecule has 15 heavy (non-hydrogen) atoms. The van der Waals surface area contributed by atoms with Crippen molar-refractivity contribution in [3.8, 4) is 0 Å². The Morgan fingerprint density at radius 3 is 3.13 bits per heavy atom. The standard InChI is InChI=1S/C10H15N3O2/c1-2-3-4-12-10(15)7-13-6-5-11-9(13)8-14/h5-6,8H,2-4,7H2,1H3,(H,12,15). The summed E-state index contributed by atoms with van der Waals surface area (Å²) in [6, 6.07) is 0. The van der Waals surface area contributed by atoms with E-state index in [1.54, 1.807) is 6.20 Å². The molecule has 0 saturated carbocycles. The predicted octanol–water partition coefficient (Wildman–Crippen LogP) is 0.612. The molecule has 0 aliphatic heterocycles. The normalized spacial score (nSPS) is 9.93. The first-order valence-electron chi connectivity index (χ1n) is 5.01. The third-order valence-electron chi connectivity index (χ3n) is 2.02. The quantitative estimate of drug-likeness (QED) is 0.551. The van der Waals surface area contributed by atoms with Crippen molar-refractivity contribution in [1.29, 1.82) is 0 Å². The molecule has 1 heterocycles. The van der Waals surface area contributed by atoms with Crippen LogP contribution in [-0.2, 0) is 11.3 Å². The summed E-state index contributed by atoms with van der Waals surface area (Å²) in [6.07, 6.45) is 5.77. The number of amides is 1. The van der Waals surface area contributed by atoms with Gasteiger partial charge in [-0.15, -0.1) is 0 Å². The fourth-order valence-corrected chi connectivity index (χ4v) is 1.19. The van der Waals surface area contributed by atoms with Gasteiger partial charge in [0.1, 0.15) is 6.54 Å². The van der Waals surface area contributed by atoms with E-state index in [2.05, 4.69) is 17.2 Å². The molecule has 1 aromatic heterocycles. The lowest BCUT2D eigenvalue weighted by Crippen LogP contribution is -2.28. The highest BCUT2D eigenvalue weighted by atomic mass is 16.2. The lowest BCUT2D eigenvalue weighted by atomic mass is 10.3. The lowest BCUT2D eigenvalue weighted by molar-refractivity contribution is -0.121. The van der Waals surface area contributed by atoms with Crippen molar-refractivity contribution in [2.45, 2.75) is 26.3 Å². The van der Waals surface area contributed by atoms with E-state index in [4.69, 9.17) is 0 Å². The summed E-state index contributed by atoms with van der Waals surface area (Å²) in [4.78, 5) is 25.7. The molecule has 0 aliphatic carbocycles. The monoisotopic (exact) mass is 209 g/mol. The van der Waals surface area contributed by atoms with Crippen LogP contribution in [0.5, 0.6) is 0 Å². The van der Waals surface area contributed by atoms with E-state index in [0.29, 0.717) is 12.8 Å². The number of hydrogen-bond acceptors (Lipinski definition) is 3. The molecule has 0 fully saturated rings. The summed E-state index contributed by atoms with van der Waals surface area (Å²) in [7, 11) is 0. The highest BCUT2D eigenvalue weighted by molar-refractivity contribution is 5.77. The van der Waals surface area contributed by atoms with Crippen LogP contribution in [0.2, 0.25) is 0 Å². The summed E-state index contributed by atoms with van der Waals surface area (Å²) in [5, 5.41) is 2.77. The number of aromatic nitrogens is 2. The summed E-state index contributed by atoms with van der Waals surface area (Å²) >= 11 is 0. The lowest BCUT2D eigenvalue weighted by Gasteiger charge is -2.05. The smallest absolute Gasteiger partial charge is 0.239 e. The molecule has 0 saturated heterocycles. The molecule has 5 heteroatoms. The highest BCUT2D eigenvalue weighted by Crippen LogP contribution is 1.93. The maximum absolute atomic E-state index is 11.4. The Labute approximate surface area is 88.5 Å². The Bertz CT molecular complexity index is 333. The topological polar surface area (TPSA) is 64.0 Å². The van der Waals surface area contributed by atoms with Gasteiger partial charge >= 0.3 is 0 Å². The second-order valence-corrected chi connectivity index (χ2v) is 3.23. The Morgan fingerprint density at radius 2 is 2.47 bits per heavy atom. The van der Waals surface area contributed by atoms with E-state index in [-0.39, 0.29) is 18.3 Å². The molecule has 0 aliphatic rings. The number of nitrogens with one attached hydrogen (secondary N) is 1. The Balaban J connectivity index is 2.40. The summed E-state index contributed by atoms with van der Waals surface area (Å²) < 4.78 is 1.52. The Kier molecular flexibility index (Phi) is 4.53. The van der Waals surface area contributed by atoms with Gasteiger partial charge in [-0.1, -0.05) is 13.3 Å². The van der Waals surface area contributed by atoms with Crippen molar-refractivity contribution >= 4 is 12.2 Å². The minimum absolute atomic E-state index is 0.0930. The van der Waals surface area contributed by atoms with Crippen LogP contribution < -0.4 is 5.32 Å². The molecule has 82 valence electrons. The van der Waals surface area contributed by atoms with Gasteiger partial charge < -0.3 is 9.88 Å². The van der Waals surface area contributed by atoms with Crippen LogP contribution in [0.15, 0.2) is 12.4 Å². The average Bonchev–Trinajstić information content (AvgIpc) is 2.65. The molecule has 1 rings (SSSR count). The van der Waals surface area contributed by atoms with Crippen LogP contribution >= 0.6 is 0 Å². The van der Waals surface area contributed by atoms with Crippen LogP contribution in [0.25, 0.3) is 0 Å². The van der Waals surface area contributed by atoms with E-state index < -0.39 is 0 Å². The van der Waals surface area contributed by atoms with Crippen molar-refractivity contribution in [1.82, 2.24) is 14.9 Å². The minimum Gasteiger partial charge on any atom is -0.355 e. The summed E-state index contributed by atoms with van der Waals surface area (Å²) in [5.74, 6) is 0.185. The molecule has 1 aromatic rings. The minimum atomic E-state index is -0.0930. The zero-order valence-corrected chi connectivity index (χ0v) is 8.77. The number of hydrogen-bond donors (Lipinski definition) is 1. The van der Waals surface area contributed by atoms with Crippen LogP contribution in [0, 0.1) is 0 Å². The van der Waals surface area contributed by atoms with Crippen molar-refractivity contribution in [2.75, 3.05) is 6.54 Å². The number of nitrogens with zero attached hydrogens (tertiary/aromatic N) is 2. The first kappa shape index (κ1) is 11.4. The molecule has 0 spiro atoms. The fourth-order valence-electron chi connectivity index (χ4n) is 1.19. The van der Waals surface area contributed by atoms with Crippen molar-refractivity contribution < 1.29 is 9.59 Å². The van der Waals surface area contributed by atoms with Gasteiger partial charge in [-0.2, -0.15) is 0 Å².